The molecule has 0 spiro atoms. The molecule has 0 radical (unpaired) electrons. The van der Waals surface area contributed by atoms with E-state index in [1.807, 2.05) is 12.1 Å². The van der Waals surface area contributed by atoms with Crippen LogP contribution in [0.15, 0.2) is 29.2 Å². The quantitative estimate of drug-likeness (QED) is 0.715. The predicted molar refractivity (Wildman–Crippen MR) is 78.7 cm³/mol. The van der Waals surface area contributed by atoms with Crippen molar-refractivity contribution in [3.8, 4) is 0 Å². The standard InChI is InChI=1S/C14H24N2O2S/c1-12(2)4-5-13-6-8-14(9-7-13)19(17,18)16-11-10-15-3/h6-9,12,15-16H,4-5,10-11H2,1-3H3. The summed E-state index contributed by atoms with van der Waals surface area (Å²) in [6, 6.07) is 7.15. The number of rotatable bonds is 8. The first kappa shape index (κ1) is 16.1. The lowest BCUT2D eigenvalue weighted by molar-refractivity contribution is 0.578. The Morgan fingerprint density at radius 3 is 2.26 bits per heavy atom. The smallest absolute Gasteiger partial charge is 0.240 e. The van der Waals surface area contributed by atoms with Gasteiger partial charge in [0, 0.05) is 13.1 Å². The summed E-state index contributed by atoms with van der Waals surface area (Å²) in [7, 11) is -1.58. The van der Waals surface area contributed by atoms with Crippen molar-refractivity contribution in [3.63, 3.8) is 0 Å². The van der Waals surface area contributed by atoms with Crippen molar-refractivity contribution in [1.29, 1.82) is 0 Å². The second kappa shape index (κ2) is 7.62. The van der Waals surface area contributed by atoms with Crippen LogP contribution in [-0.2, 0) is 16.4 Å². The highest BCUT2D eigenvalue weighted by atomic mass is 32.2. The number of hydrogen-bond donors (Lipinski definition) is 2. The Labute approximate surface area is 116 Å². The van der Waals surface area contributed by atoms with Crippen LogP contribution < -0.4 is 10.0 Å². The summed E-state index contributed by atoms with van der Waals surface area (Å²) in [6.07, 6.45) is 2.11. The molecule has 0 aromatic heterocycles. The van der Waals surface area contributed by atoms with Crippen LogP contribution in [0.2, 0.25) is 0 Å². The van der Waals surface area contributed by atoms with Crippen molar-refractivity contribution in [1.82, 2.24) is 10.0 Å². The number of sulfonamides is 1. The zero-order chi connectivity index (χ0) is 14.3. The van der Waals surface area contributed by atoms with Crippen LogP contribution in [0, 0.1) is 5.92 Å². The summed E-state index contributed by atoms with van der Waals surface area (Å²) in [5.74, 6) is 0.659. The fraction of sp³-hybridized carbons (Fsp3) is 0.571. The molecule has 108 valence electrons. The lowest BCUT2D eigenvalue weighted by Crippen LogP contribution is -2.30. The zero-order valence-electron chi connectivity index (χ0n) is 11.9. The highest BCUT2D eigenvalue weighted by molar-refractivity contribution is 7.89. The molecule has 0 unspecified atom stereocenters. The van der Waals surface area contributed by atoms with Crippen molar-refractivity contribution in [3.05, 3.63) is 29.8 Å². The molecule has 0 aliphatic carbocycles. The Hall–Kier alpha value is -0.910. The van der Waals surface area contributed by atoms with Crippen LogP contribution in [0.3, 0.4) is 0 Å². The van der Waals surface area contributed by atoms with Gasteiger partial charge in [-0.3, -0.25) is 0 Å². The van der Waals surface area contributed by atoms with Gasteiger partial charge in [-0.1, -0.05) is 26.0 Å². The molecule has 0 saturated heterocycles. The fourth-order valence-corrected chi connectivity index (χ4v) is 2.72. The molecular weight excluding hydrogens is 260 g/mol. The number of likely N-dealkylation sites (N-methyl/N-ethyl adjacent to an activating group) is 1. The zero-order valence-corrected chi connectivity index (χ0v) is 12.8. The van der Waals surface area contributed by atoms with Gasteiger partial charge in [-0.15, -0.1) is 0 Å². The van der Waals surface area contributed by atoms with Crippen LogP contribution in [0.1, 0.15) is 25.8 Å². The molecule has 0 aliphatic heterocycles. The maximum atomic E-state index is 11.9. The minimum absolute atomic E-state index is 0.330. The molecule has 0 amide bonds. The molecule has 5 heteroatoms. The Kier molecular flexibility index (Phi) is 6.48. The van der Waals surface area contributed by atoms with E-state index in [-0.39, 0.29) is 0 Å². The van der Waals surface area contributed by atoms with Gasteiger partial charge in [0.25, 0.3) is 0 Å². The molecule has 19 heavy (non-hydrogen) atoms. The lowest BCUT2D eigenvalue weighted by atomic mass is 10.0. The number of benzene rings is 1. The highest BCUT2D eigenvalue weighted by Crippen LogP contribution is 2.13. The van der Waals surface area contributed by atoms with E-state index >= 15 is 0 Å². The average Bonchev–Trinajstić information content (AvgIpc) is 2.37. The van der Waals surface area contributed by atoms with Crippen molar-refractivity contribution in [2.45, 2.75) is 31.6 Å². The fourth-order valence-electron chi connectivity index (χ4n) is 1.68. The molecule has 0 atom stereocenters. The summed E-state index contributed by atoms with van der Waals surface area (Å²) in [4.78, 5) is 0.330. The molecule has 0 saturated carbocycles. The highest BCUT2D eigenvalue weighted by Gasteiger charge is 2.12. The van der Waals surface area contributed by atoms with Gasteiger partial charge >= 0.3 is 0 Å². The largest absolute Gasteiger partial charge is 0.318 e. The number of aryl methyl sites for hydroxylation is 1. The first-order valence-electron chi connectivity index (χ1n) is 6.69. The van der Waals surface area contributed by atoms with Crippen LogP contribution >= 0.6 is 0 Å². The van der Waals surface area contributed by atoms with Gasteiger partial charge < -0.3 is 5.32 Å². The van der Waals surface area contributed by atoms with Gasteiger partial charge in [-0.2, -0.15) is 0 Å². The third kappa shape index (κ3) is 5.72. The van der Waals surface area contributed by atoms with Crippen LogP contribution in [-0.4, -0.2) is 28.6 Å². The van der Waals surface area contributed by atoms with Crippen molar-refractivity contribution >= 4 is 10.0 Å². The minimum atomic E-state index is -3.37. The molecule has 0 aliphatic rings. The molecule has 0 bridgehead atoms. The maximum Gasteiger partial charge on any atom is 0.240 e. The molecule has 1 aromatic rings. The number of hydrogen-bond acceptors (Lipinski definition) is 3. The van der Waals surface area contributed by atoms with Gasteiger partial charge in [0.15, 0.2) is 0 Å². The Morgan fingerprint density at radius 1 is 1.11 bits per heavy atom. The van der Waals surface area contributed by atoms with Gasteiger partial charge in [-0.25, -0.2) is 13.1 Å². The third-order valence-electron chi connectivity index (χ3n) is 2.91. The summed E-state index contributed by atoms with van der Waals surface area (Å²) < 4.78 is 26.4. The van der Waals surface area contributed by atoms with E-state index in [0.29, 0.717) is 23.9 Å². The van der Waals surface area contributed by atoms with E-state index in [9.17, 15) is 8.42 Å². The van der Waals surface area contributed by atoms with E-state index in [4.69, 9.17) is 0 Å². The Bertz CT molecular complexity index is 467. The summed E-state index contributed by atoms with van der Waals surface area (Å²) >= 11 is 0. The van der Waals surface area contributed by atoms with E-state index in [2.05, 4.69) is 23.9 Å². The van der Waals surface area contributed by atoms with Crippen LogP contribution in [0.4, 0.5) is 0 Å². The Balaban J connectivity index is 2.64. The summed E-state index contributed by atoms with van der Waals surface area (Å²) in [5.41, 5.74) is 1.18. The van der Waals surface area contributed by atoms with Gasteiger partial charge in [0.2, 0.25) is 10.0 Å². The van der Waals surface area contributed by atoms with Crippen LogP contribution in [0.5, 0.6) is 0 Å². The molecule has 1 aromatic carbocycles. The molecule has 1 rings (SSSR count). The molecular formula is C14H24N2O2S. The van der Waals surface area contributed by atoms with Crippen molar-refractivity contribution < 1.29 is 8.42 Å². The molecule has 0 fully saturated rings. The van der Waals surface area contributed by atoms with Gasteiger partial charge in [0.05, 0.1) is 4.90 Å². The SMILES string of the molecule is CNCCNS(=O)(=O)c1ccc(CCC(C)C)cc1. The van der Waals surface area contributed by atoms with E-state index < -0.39 is 10.0 Å². The monoisotopic (exact) mass is 284 g/mol. The van der Waals surface area contributed by atoms with Crippen LogP contribution in [0.25, 0.3) is 0 Å². The predicted octanol–water partition coefficient (Wildman–Crippen LogP) is 1.77. The average molecular weight is 284 g/mol. The summed E-state index contributed by atoms with van der Waals surface area (Å²) in [5, 5.41) is 2.90. The van der Waals surface area contributed by atoms with Gasteiger partial charge in [-0.05, 0) is 43.5 Å². The molecule has 4 nitrogen and oxygen atoms in total. The molecule has 2 N–H and O–H groups in total. The third-order valence-corrected chi connectivity index (χ3v) is 4.39. The van der Waals surface area contributed by atoms with Gasteiger partial charge in [0.1, 0.15) is 0 Å². The topological polar surface area (TPSA) is 58.2 Å². The van der Waals surface area contributed by atoms with Crippen molar-refractivity contribution in [2.24, 2.45) is 5.92 Å². The first-order chi connectivity index (χ1) is 8.95. The lowest BCUT2D eigenvalue weighted by Gasteiger charge is -2.08. The van der Waals surface area contributed by atoms with E-state index in [1.54, 1.807) is 19.2 Å². The second-order valence-electron chi connectivity index (χ2n) is 5.08. The van der Waals surface area contributed by atoms with E-state index in [0.717, 1.165) is 12.8 Å². The minimum Gasteiger partial charge on any atom is -0.318 e. The maximum absolute atomic E-state index is 11.9. The van der Waals surface area contributed by atoms with E-state index in [1.165, 1.54) is 5.56 Å². The molecule has 0 heterocycles. The second-order valence-corrected chi connectivity index (χ2v) is 6.84. The first-order valence-corrected chi connectivity index (χ1v) is 8.17. The number of nitrogens with one attached hydrogen (secondary N) is 2. The Morgan fingerprint density at radius 2 is 1.74 bits per heavy atom. The van der Waals surface area contributed by atoms with Crippen molar-refractivity contribution in [2.75, 3.05) is 20.1 Å². The normalized spacial score (nSPS) is 12.0. The summed E-state index contributed by atoms with van der Waals surface area (Å²) in [6.45, 7) is 5.38.